The highest BCUT2D eigenvalue weighted by atomic mass is 35.5. The lowest BCUT2D eigenvalue weighted by atomic mass is 9.96. The Bertz CT molecular complexity index is 1150. The highest BCUT2D eigenvalue weighted by Crippen LogP contribution is 2.35. The van der Waals surface area contributed by atoms with Crippen molar-refractivity contribution in [2.24, 2.45) is 0 Å². The molecule has 0 fully saturated rings. The molecule has 3 heterocycles. The molecule has 28 heavy (non-hydrogen) atoms. The fourth-order valence-corrected chi connectivity index (χ4v) is 5.42. The summed E-state index contributed by atoms with van der Waals surface area (Å²) in [6, 6.07) is 16.6. The Morgan fingerprint density at radius 2 is 1.89 bits per heavy atom. The van der Waals surface area contributed by atoms with Gasteiger partial charge in [0.1, 0.15) is 17.2 Å². The van der Waals surface area contributed by atoms with Gasteiger partial charge < -0.3 is 10.0 Å². The Morgan fingerprint density at radius 1 is 1.14 bits per heavy atom. The summed E-state index contributed by atoms with van der Waals surface area (Å²) in [7, 11) is 0. The Kier molecular flexibility index (Phi) is 4.34. The predicted molar refractivity (Wildman–Crippen MR) is 110 cm³/mol. The Labute approximate surface area is 171 Å². The van der Waals surface area contributed by atoms with Gasteiger partial charge in [0.15, 0.2) is 6.04 Å². The number of aromatic hydroxyl groups is 1. The van der Waals surface area contributed by atoms with Crippen molar-refractivity contribution in [2.45, 2.75) is 25.9 Å². The number of benzene rings is 2. The van der Waals surface area contributed by atoms with E-state index in [4.69, 9.17) is 11.6 Å². The summed E-state index contributed by atoms with van der Waals surface area (Å²) in [4.78, 5) is 7.46. The molecule has 1 unspecified atom stereocenters. The molecule has 1 aliphatic rings. The minimum absolute atomic E-state index is 0.000529. The fourth-order valence-electron chi connectivity index (χ4n) is 4.11. The summed E-state index contributed by atoms with van der Waals surface area (Å²) in [6.07, 6.45) is 1.02. The van der Waals surface area contributed by atoms with E-state index < -0.39 is 0 Å². The van der Waals surface area contributed by atoms with Crippen molar-refractivity contribution in [1.29, 1.82) is 0 Å². The van der Waals surface area contributed by atoms with Crippen molar-refractivity contribution in [3.05, 3.63) is 80.9 Å². The van der Waals surface area contributed by atoms with Gasteiger partial charge in [-0.25, -0.2) is 4.98 Å². The third kappa shape index (κ3) is 2.98. The first-order valence-electron chi connectivity index (χ1n) is 9.32. The maximum Gasteiger partial charge on any atom is 0.235 e. The topological polar surface area (TPSA) is 54.9 Å². The molecular formula is C21H20ClN4OS+. The molecule has 0 spiro atoms. The molecule has 7 heteroatoms. The highest BCUT2D eigenvalue weighted by molar-refractivity contribution is 7.17. The maximum atomic E-state index is 10.9. The Hall–Kier alpha value is -2.41. The van der Waals surface area contributed by atoms with E-state index in [1.165, 1.54) is 27.4 Å². The van der Waals surface area contributed by atoms with E-state index in [1.807, 2.05) is 19.1 Å². The van der Waals surface area contributed by atoms with Crippen LogP contribution in [0.1, 0.15) is 33.4 Å². The molecule has 5 nitrogen and oxygen atoms in total. The summed E-state index contributed by atoms with van der Waals surface area (Å²) >= 11 is 7.65. The normalized spacial score (nSPS) is 17.6. The van der Waals surface area contributed by atoms with Crippen molar-refractivity contribution in [1.82, 2.24) is 14.6 Å². The molecule has 0 saturated heterocycles. The highest BCUT2D eigenvalue weighted by Gasteiger charge is 2.34. The molecule has 142 valence electrons. The van der Waals surface area contributed by atoms with Crippen molar-refractivity contribution < 1.29 is 10.0 Å². The Morgan fingerprint density at radius 3 is 2.64 bits per heavy atom. The molecule has 0 amide bonds. The summed E-state index contributed by atoms with van der Waals surface area (Å²) < 4.78 is 1.55. The summed E-state index contributed by atoms with van der Waals surface area (Å²) in [5, 5.41) is 16.0. The lowest BCUT2D eigenvalue weighted by Crippen LogP contribution is -3.12. The van der Waals surface area contributed by atoms with E-state index in [0.717, 1.165) is 34.9 Å². The van der Waals surface area contributed by atoms with Gasteiger partial charge in [-0.05, 0) is 24.6 Å². The number of nitrogens with one attached hydrogen (secondary N) is 1. The average molecular weight is 412 g/mol. The van der Waals surface area contributed by atoms with Crippen LogP contribution in [0.4, 0.5) is 0 Å². The van der Waals surface area contributed by atoms with Gasteiger partial charge in [0.05, 0.1) is 6.54 Å². The van der Waals surface area contributed by atoms with Crippen LogP contribution in [0.3, 0.4) is 0 Å². The van der Waals surface area contributed by atoms with Gasteiger partial charge in [0.25, 0.3) is 0 Å². The van der Waals surface area contributed by atoms with Crippen molar-refractivity contribution in [3.8, 4) is 5.88 Å². The van der Waals surface area contributed by atoms with Gasteiger partial charge in [0, 0.05) is 22.6 Å². The fraction of sp³-hybridized carbons (Fsp3) is 0.238. The maximum absolute atomic E-state index is 10.9. The van der Waals surface area contributed by atoms with E-state index in [9.17, 15) is 5.11 Å². The number of nitrogens with zero attached hydrogens (tertiary/aromatic N) is 3. The van der Waals surface area contributed by atoms with Crippen LogP contribution >= 0.6 is 22.9 Å². The lowest BCUT2D eigenvalue weighted by molar-refractivity contribution is -0.940. The number of rotatable bonds is 3. The van der Waals surface area contributed by atoms with E-state index in [-0.39, 0.29) is 11.9 Å². The van der Waals surface area contributed by atoms with E-state index in [0.29, 0.717) is 10.8 Å². The third-order valence-electron chi connectivity index (χ3n) is 5.43. The number of aromatic nitrogens is 3. The minimum atomic E-state index is -0.000529. The number of hydrogen-bond donors (Lipinski definition) is 2. The smallest absolute Gasteiger partial charge is 0.235 e. The third-order valence-corrected chi connectivity index (χ3v) is 6.77. The summed E-state index contributed by atoms with van der Waals surface area (Å²) in [5.74, 6) is 0.849. The van der Waals surface area contributed by atoms with Crippen molar-refractivity contribution in [3.63, 3.8) is 0 Å². The molecule has 2 N–H and O–H groups in total. The number of fused-ring (bicyclic) bond motifs is 2. The van der Waals surface area contributed by atoms with E-state index in [1.54, 1.807) is 4.52 Å². The van der Waals surface area contributed by atoms with Crippen LogP contribution in [-0.2, 0) is 13.0 Å². The largest absolute Gasteiger partial charge is 0.492 e. The molecule has 4 aromatic rings. The number of hydrogen-bond acceptors (Lipinski definition) is 4. The molecule has 1 aliphatic heterocycles. The van der Waals surface area contributed by atoms with Crippen molar-refractivity contribution in [2.75, 3.05) is 6.54 Å². The number of thiazole rings is 1. The first-order chi connectivity index (χ1) is 13.6. The van der Waals surface area contributed by atoms with Crippen LogP contribution in [-0.4, -0.2) is 26.2 Å². The van der Waals surface area contributed by atoms with Gasteiger partial charge in [-0.15, -0.1) is 5.10 Å². The Balaban J connectivity index is 1.62. The minimum Gasteiger partial charge on any atom is -0.492 e. The van der Waals surface area contributed by atoms with Crippen molar-refractivity contribution >= 4 is 27.9 Å². The monoisotopic (exact) mass is 411 g/mol. The van der Waals surface area contributed by atoms with Crippen LogP contribution in [0.5, 0.6) is 5.88 Å². The lowest BCUT2D eigenvalue weighted by Gasteiger charge is -2.32. The zero-order chi connectivity index (χ0) is 19.3. The summed E-state index contributed by atoms with van der Waals surface area (Å²) in [6.45, 7) is 3.74. The molecule has 0 radical (unpaired) electrons. The molecule has 5 rings (SSSR count). The molecule has 0 bridgehead atoms. The number of quaternary nitrogens is 1. The first kappa shape index (κ1) is 17.7. The van der Waals surface area contributed by atoms with Gasteiger partial charge in [-0.2, -0.15) is 4.52 Å². The SMILES string of the molecule is Cc1nc2sc([C@H](c3ccc(Cl)cc3)[NH+]3CCc4ccccc4C3)c(O)n2n1. The molecular weight excluding hydrogens is 392 g/mol. The standard InChI is InChI=1S/C21H19ClN4OS/c1-13-23-21-26(24-13)20(27)19(28-21)18(15-6-8-17(22)9-7-15)25-11-10-14-4-2-3-5-16(14)12-25/h2-9,18,27H,10-12H2,1H3/p+1/t18-/m0/s1. The second kappa shape index (κ2) is 6.88. The number of halogens is 1. The molecule has 0 aliphatic carbocycles. The van der Waals surface area contributed by atoms with Gasteiger partial charge >= 0.3 is 0 Å². The van der Waals surface area contributed by atoms with Gasteiger partial charge in [-0.1, -0.05) is 59.3 Å². The van der Waals surface area contributed by atoms with Gasteiger partial charge in [-0.3, -0.25) is 0 Å². The molecule has 2 aromatic carbocycles. The van der Waals surface area contributed by atoms with Crippen LogP contribution in [0, 0.1) is 6.92 Å². The number of aryl methyl sites for hydroxylation is 1. The van der Waals surface area contributed by atoms with Gasteiger partial charge in [0.2, 0.25) is 10.8 Å². The van der Waals surface area contributed by atoms with E-state index in [2.05, 4.69) is 46.5 Å². The quantitative estimate of drug-likeness (QED) is 0.544. The predicted octanol–water partition coefficient (Wildman–Crippen LogP) is 3.19. The molecule has 2 atom stereocenters. The first-order valence-corrected chi connectivity index (χ1v) is 10.5. The van der Waals surface area contributed by atoms with Crippen LogP contribution in [0.15, 0.2) is 48.5 Å². The van der Waals surface area contributed by atoms with Crippen LogP contribution in [0.2, 0.25) is 5.02 Å². The second-order valence-electron chi connectivity index (χ2n) is 7.23. The summed E-state index contributed by atoms with van der Waals surface area (Å²) in [5.41, 5.74) is 3.93. The zero-order valence-electron chi connectivity index (χ0n) is 15.4. The molecule has 2 aromatic heterocycles. The molecule has 0 saturated carbocycles. The zero-order valence-corrected chi connectivity index (χ0v) is 17.0. The van der Waals surface area contributed by atoms with Crippen LogP contribution < -0.4 is 4.90 Å². The van der Waals surface area contributed by atoms with Crippen LogP contribution in [0.25, 0.3) is 4.96 Å². The second-order valence-corrected chi connectivity index (χ2v) is 8.68. The average Bonchev–Trinajstić information content (AvgIpc) is 3.21. The van der Waals surface area contributed by atoms with E-state index >= 15 is 0 Å².